The summed E-state index contributed by atoms with van der Waals surface area (Å²) in [5, 5.41) is 0. The molecule has 0 radical (unpaired) electrons. The predicted octanol–water partition coefficient (Wildman–Crippen LogP) is 4.07. The van der Waals surface area contributed by atoms with Crippen molar-refractivity contribution in [3.63, 3.8) is 0 Å². The molecule has 0 aromatic carbocycles. The number of rotatable bonds is 5. The second-order valence-electron chi connectivity index (χ2n) is 4.42. The number of amides is 1. The van der Waals surface area contributed by atoms with E-state index < -0.39 is 0 Å². The Balaban J connectivity index is 1.82. The van der Waals surface area contributed by atoms with Gasteiger partial charge < -0.3 is 18.2 Å². The van der Waals surface area contributed by atoms with Crippen molar-refractivity contribution >= 4 is 21.8 Å². The maximum atomic E-state index is 12.5. The maximum absolute atomic E-state index is 12.5. The lowest BCUT2D eigenvalue weighted by atomic mass is 10.3. The Morgan fingerprint density at radius 3 is 2.05 bits per heavy atom. The highest BCUT2D eigenvalue weighted by molar-refractivity contribution is 9.10. The SMILES string of the molecule is O=C(c1ccc(Br)o1)N(Cc1ccco1)Cc1ccco1. The van der Waals surface area contributed by atoms with E-state index in [2.05, 4.69) is 15.9 Å². The van der Waals surface area contributed by atoms with Crippen LogP contribution in [0.4, 0.5) is 0 Å². The number of furan rings is 3. The van der Waals surface area contributed by atoms with Gasteiger partial charge in [0.1, 0.15) is 11.5 Å². The zero-order valence-corrected chi connectivity index (χ0v) is 12.6. The van der Waals surface area contributed by atoms with Gasteiger partial charge in [-0.2, -0.15) is 0 Å². The van der Waals surface area contributed by atoms with Gasteiger partial charge >= 0.3 is 0 Å². The van der Waals surface area contributed by atoms with E-state index in [4.69, 9.17) is 13.3 Å². The van der Waals surface area contributed by atoms with E-state index in [1.165, 1.54) is 0 Å². The first-order chi connectivity index (χ1) is 10.2. The minimum absolute atomic E-state index is 0.228. The molecule has 0 saturated heterocycles. The number of carbonyl (C=O) groups is 1. The van der Waals surface area contributed by atoms with Gasteiger partial charge in [-0.05, 0) is 52.3 Å². The summed E-state index contributed by atoms with van der Waals surface area (Å²) in [5.41, 5.74) is 0. The molecule has 1 amide bonds. The standard InChI is InChI=1S/C15H12BrNO4/c16-14-6-5-13(21-14)15(18)17(9-11-3-1-7-19-11)10-12-4-2-8-20-12/h1-8H,9-10H2. The van der Waals surface area contributed by atoms with Crippen LogP contribution in [-0.2, 0) is 13.1 Å². The van der Waals surface area contributed by atoms with Gasteiger partial charge in [-0.1, -0.05) is 0 Å². The minimum Gasteiger partial charge on any atom is -0.467 e. The third-order valence-electron chi connectivity index (χ3n) is 2.92. The van der Waals surface area contributed by atoms with Gasteiger partial charge in [0.25, 0.3) is 5.91 Å². The topological polar surface area (TPSA) is 59.7 Å². The van der Waals surface area contributed by atoms with Crippen molar-refractivity contribution in [2.24, 2.45) is 0 Å². The van der Waals surface area contributed by atoms with E-state index in [-0.39, 0.29) is 11.7 Å². The van der Waals surface area contributed by atoms with E-state index >= 15 is 0 Å². The van der Waals surface area contributed by atoms with Gasteiger partial charge in [0.15, 0.2) is 10.4 Å². The van der Waals surface area contributed by atoms with Gasteiger partial charge in [0.05, 0.1) is 25.6 Å². The summed E-state index contributed by atoms with van der Waals surface area (Å²) in [6, 6.07) is 10.5. The maximum Gasteiger partial charge on any atom is 0.290 e. The van der Waals surface area contributed by atoms with E-state index in [1.54, 1.807) is 41.7 Å². The Morgan fingerprint density at radius 2 is 1.62 bits per heavy atom. The molecule has 0 bridgehead atoms. The van der Waals surface area contributed by atoms with Crippen LogP contribution in [0.5, 0.6) is 0 Å². The molecule has 21 heavy (non-hydrogen) atoms. The molecule has 0 atom stereocenters. The lowest BCUT2D eigenvalue weighted by Gasteiger charge is -2.19. The summed E-state index contributed by atoms with van der Waals surface area (Å²) >= 11 is 3.20. The average molecular weight is 350 g/mol. The Bertz CT molecular complexity index is 664. The molecule has 6 heteroatoms. The molecule has 0 aliphatic carbocycles. The van der Waals surface area contributed by atoms with Crippen molar-refractivity contribution in [2.75, 3.05) is 0 Å². The first-order valence-corrected chi connectivity index (χ1v) is 7.11. The summed E-state index contributed by atoms with van der Waals surface area (Å²) in [6.45, 7) is 0.676. The van der Waals surface area contributed by atoms with Gasteiger partial charge in [0.2, 0.25) is 0 Å². The first kappa shape index (κ1) is 13.8. The van der Waals surface area contributed by atoms with Crippen molar-refractivity contribution in [1.29, 1.82) is 0 Å². The fourth-order valence-corrected chi connectivity index (χ4v) is 2.27. The molecule has 5 nitrogen and oxygen atoms in total. The first-order valence-electron chi connectivity index (χ1n) is 6.32. The van der Waals surface area contributed by atoms with Crippen LogP contribution in [0.15, 0.2) is 66.8 Å². The molecule has 0 aliphatic heterocycles. The molecule has 0 N–H and O–H groups in total. The zero-order valence-electron chi connectivity index (χ0n) is 11.0. The number of carbonyl (C=O) groups excluding carboxylic acids is 1. The van der Waals surface area contributed by atoms with Crippen LogP contribution in [0.1, 0.15) is 22.1 Å². The number of nitrogens with zero attached hydrogens (tertiary/aromatic N) is 1. The quantitative estimate of drug-likeness (QED) is 0.696. The summed E-state index contributed by atoms with van der Waals surface area (Å²) in [5.74, 6) is 1.43. The second kappa shape index (κ2) is 6.05. The van der Waals surface area contributed by atoms with E-state index in [0.717, 1.165) is 0 Å². The molecule has 0 spiro atoms. The van der Waals surface area contributed by atoms with Crippen LogP contribution in [-0.4, -0.2) is 10.8 Å². The van der Waals surface area contributed by atoms with Gasteiger partial charge in [-0.25, -0.2) is 0 Å². The molecule has 3 aromatic rings. The van der Waals surface area contributed by atoms with E-state index in [1.807, 2.05) is 12.1 Å². The second-order valence-corrected chi connectivity index (χ2v) is 5.21. The van der Waals surface area contributed by atoms with E-state index in [9.17, 15) is 4.79 Å². The van der Waals surface area contributed by atoms with Crippen molar-refractivity contribution in [1.82, 2.24) is 4.90 Å². The third-order valence-corrected chi connectivity index (χ3v) is 3.35. The fourth-order valence-electron chi connectivity index (χ4n) is 1.97. The summed E-state index contributed by atoms with van der Waals surface area (Å²) in [6.07, 6.45) is 3.16. The fraction of sp³-hybridized carbons (Fsp3) is 0.133. The average Bonchev–Trinajstić information content (AvgIpc) is 3.19. The molecule has 3 rings (SSSR count). The Labute approximate surface area is 129 Å². The highest BCUT2D eigenvalue weighted by Gasteiger charge is 2.21. The van der Waals surface area contributed by atoms with Crippen LogP contribution < -0.4 is 0 Å². The lowest BCUT2D eigenvalue weighted by molar-refractivity contribution is 0.0671. The monoisotopic (exact) mass is 349 g/mol. The van der Waals surface area contributed by atoms with Crippen molar-refractivity contribution in [3.05, 3.63) is 70.9 Å². The van der Waals surface area contributed by atoms with Crippen molar-refractivity contribution in [3.8, 4) is 0 Å². The van der Waals surface area contributed by atoms with Crippen LogP contribution in [0, 0.1) is 0 Å². The molecule has 3 heterocycles. The summed E-state index contributed by atoms with van der Waals surface area (Å²) in [7, 11) is 0. The number of hydrogen-bond donors (Lipinski definition) is 0. The van der Waals surface area contributed by atoms with Crippen molar-refractivity contribution < 1.29 is 18.0 Å². The zero-order chi connectivity index (χ0) is 14.7. The molecule has 0 saturated carbocycles. The third kappa shape index (κ3) is 3.28. The smallest absolute Gasteiger partial charge is 0.290 e. The van der Waals surface area contributed by atoms with Crippen LogP contribution >= 0.6 is 15.9 Å². The van der Waals surface area contributed by atoms with Crippen LogP contribution in [0.2, 0.25) is 0 Å². The summed E-state index contributed by atoms with van der Waals surface area (Å²) in [4.78, 5) is 14.1. The number of halogens is 1. The Hall–Kier alpha value is -2.21. The van der Waals surface area contributed by atoms with Gasteiger partial charge in [0, 0.05) is 0 Å². The molecule has 0 aliphatic rings. The molecule has 3 aromatic heterocycles. The molecular formula is C15H12BrNO4. The lowest BCUT2D eigenvalue weighted by Crippen LogP contribution is -2.29. The Kier molecular flexibility index (Phi) is 3.96. The largest absolute Gasteiger partial charge is 0.467 e. The minimum atomic E-state index is -0.228. The van der Waals surface area contributed by atoms with Crippen LogP contribution in [0.25, 0.3) is 0 Å². The summed E-state index contributed by atoms with van der Waals surface area (Å²) < 4.78 is 16.5. The molecule has 0 unspecified atom stereocenters. The molecular weight excluding hydrogens is 338 g/mol. The van der Waals surface area contributed by atoms with Gasteiger partial charge in [-0.15, -0.1) is 0 Å². The van der Waals surface area contributed by atoms with Crippen LogP contribution in [0.3, 0.4) is 0 Å². The molecule has 0 fully saturated rings. The highest BCUT2D eigenvalue weighted by Crippen LogP contribution is 2.19. The Morgan fingerprint density at radius 1 is 1.00 bits per heavy atom. The highest BCUT2D eigenvalue weighted by atomic mass is 79.9. The normalized spacial score (nSPS) is 10.7. The van der Waals surface area contributed by atoms with E-state index in [0.29, 0.717) is 29.3 Å². The van der Waals surface area contributed by atoms with Gasteiger partial charge in [-0.3, -0.25) is 4.79 Å². The number of hydrogen-bond acceptors (Lipinski definition) is 4. The predicted molar refractivity (Wildman–Crippen MR) is 77.4 cm³/mol. The van der Waals surface area contributed by atoms with Crippen molar-refractivity contribution in [2.45, 2.75) is 13.1 Å². The molecule has 108 valence electrons.